The van der Waals surface area contributed by atoms with Crippen LogP contribution in [0.5, 0.6) is 0 Å². The van der Waals surface area contributed by atoms with Gasteiger partial charge in [-0.1, -0.05) is 6.07 Å². The minimum absolute atomic E-state index is 0.132. The van der Waals surface area contributed by atoms with E-state index in [9.17, 15) is 19.7 Å². The Labute approximate surface area is 184 Å². The molecular formula is C21H25N5O4S. The van der Waals surface area contributed by atoms with Gasteiger partial charge in [0.05, 0.1) is 16.8 Å². The van der Waals surface area contributed by atoms with Crippen molar-refractivity contribution in [2.75, 3.05) is 35.3 Å². The number of benzene rings is 1. The lowest BCUT2D eigenvalue weighted by Crippen LogP contribution is -2.44. The van der Waals surface area contributed by atoms with E-state index in [2.05, 4.69) is 20.5 Å². The number of nitro groups is 1. The molecule has 9 nitrogen and oxygen atoms in total. The molecule has 0 bridgehead atoms. The summed E-state index contributed by atoms with van der Waals surface area (Å²) in [7, 11) is 0. The van der Waals surface area contributed by atoms with Crippen molar-refractivity contribution < 1.29 is 14.5 Å². The first kappa shape index (κ1) is 22.5. The largest absolute Gasteiger partial charge is 0.357 e. The first-order valence-corrected chi connectivity index (χ1v) is 11.4. The van der Waals surface area contributed by atoms with E-state index in [4.69, 9.17) is 0 Å². The van der Waals surface area contributed by atoms with Crippen LogP contribution in [0.3, 0.4) is 0 Å². The number of carbonyl (C=O) groups is 2. The molecule has 2 heterocycles. The molecule has 1 unspecified atom stereocenters. The standard InChI is InChI=1S/C21H25N5O4S/c1-31-12-9-18(24-20(27)15-5-4-6-17(13-15)26(29)30)21(28)23-16-7-8-19(22-14-16)25-10-2-3-11-25/h4-8,13-14,18H,2-3,9-12H2,1H3,(H,23,28)(H,24,27). The van der Waals surface area contributed by atoms with Crippen LogP contribution in [0.15, 0.2) is 42.6 Å². The number of rotatable bonds is 9. The molecule has 1 aromatic heterocycles. The summed E-state index contributed by atoms with van der Waals surface area (Å²) in [5.74, 6) is 0.656. The van der Waals surface area contributed by atoms with Crippen molar-refractivity contribution in [2.45, 2.75) is 25.3 Å². The maximum atomic E-state index is 12.8. The van der Waals surface area contributed by atoms with Gasteiger partial charge in [-0.05, 0) is 49.5 Å². The number of nitro benzene ring substituents is 1. The number of aromatic nitrogens is 1. The van der Waals surface area contributed by atoms with Crippen LogP contribution in [-0.4, -0.2) is 52.9 Å². The summed E-state index contributed by atoms with van der Waals surface area (Å²) < 4.78 is 0. The maximum Gasteiger partial charge on any atom is 0.270 e. The summed E-state index contributed by atoms with van der Waals surface area (Å²) in [6.07, 6.45) is 6.26. The third kappa shape index (κ3) is 6.17. The van der Waals surface area contributed by atoms with Crippen LogP contribution in [0, 0.1) is 10.1 Å². The number of amides is 2. The van der Waals surface area contributed by atoms with E-state index < -0.39 is 16.9 Å². The number of carbonyl (C=O) groups excluding carboxylic acids is 2. The highest BCUT2D eigenvalue weighted by molar-refractivity contribution is 7.98. The molecule has 0 aliphatic carbocycles. The minimum Gasteiger partial charge on any atom is -0.357 e. The van der Waals surface area contributed by atoms with Gasteiger partial charge in [0.25, 0.3) is 11.6 Å². The first-order valence-electron chi connectivity index (χ1n) is 10.0. The molecule has 31 heavy (non-hydrogen) atoms. The highest BCUT2D eigenvalue weighted by Gasteiger charge is 2.22. The number of hydrogen-bond donors (Lipinski definition) is 2. The zero-order valence-electron chi connectivity index (χ0n) is 17.2. The SMILES string of the molecule is CSCCC(NC(=O)c1cccc([N+](=O)[O-])c1)C(=O)Nc1ccc(N2CCCC2)nc1. The number of nitrogens with zero attached hydrogens (tertiary/aromatic N) is 3. The Morgan fingerprint density at radius 2 is 2.03 bits per heavy atom. The van der Waals surface area contributed by atoms with Gasteiger partial charge in [-0.2, -0.15) is 11.8 Å². The Morgan fingerprint density at radius 1 is 1.26 bits per heavy atom. The van der Waals surface area contributed by atoms with E-state index >= 15 is 0 Å². The monoisotopic (exact) mass is 443 g/mol. The van der Waals surface area contributed by atoms with E-state index in [1.54, 1.807) is 24.0 Å². The smallest absolute Gasteiger partial charge is 0.270 e. The molecule has 1 aliphatic rings. The summed E-state index contributed by atoms with van der Waals surface area (Å²) in [5.41, 5.74) is 0.501. The molecule has 2 N–H and O–H groups in total. The zero-order chi connectivity index (χ0) is 22.2. The number of non-ortho nitro benzene ring substituents is 1. The highest BCUT2D eigenvalue weighted by atomic mass is 32.2. The zero-order valence-corrected chi connectivity index (χ0v) is 18.1. The molecule has 2 aromatic rings. The fourth-order valence-corrected chi connectivity index (χ4v) is 3.80. The second-order valence-corrected chi connectivity index (χ2v) is 8.19. The van der Waals surface area contributed by atoms with Crippen molar-refractivity contribution in [1.82, 2.24) is 10.3 Å². The van der Waals surface area contributed by atoms with Crippen molar-refractivity contribution in [2.24, 2.45) is 0 Å². The first-order chi connectivity index (χ1) is 15.0. The molecule has 2 amide bonds. The van der Waals surface area contributed by atoms with E-state index in [1.807, 2.05) is 12.3 Å². The molecule has 10 heteroatoms. The molecule has 1 atom stereocenters. The number of thioether (sulfide) groups is 1. The molecule has 1 saturated heterocycles. The van der Waals surface area contributed by atoms with Gasteiger partial charge in [0.2, 0.25) is 5.91 Å². The third-order valence-electron chi connectivity index (χ3n) is 5.00. The average molecular weight is 444 g/mol. The number of nitrogens with one attached hydrogen (secondary N) is 2. The quantitative estimate of drug-likeness (QED) is 0.452. The van der Waals surface area contributed by atoms with Crippen molar-refractivity contribution in [3.8, 4) is 0 Å². The van der Waals surface area contributed by atoms with Crippen LogP contribution in [0.2, 0.25) is 0 Å². The van der Waals surface area contributed by atoms with Crippen LogP contribution in [-0.2, 0) is 4.79 Å². The lowest BCUT2D eigenvalue weighted by atomic mass is 10.1. The lowest BCUT2D eigenvalue weighted by molar-refractivity contribution is -0.384. The fourth-order valence-electron chi connectivity index (χ4n) is 3.33. The van der Waals surface area contributed by atoms with E-state index in [0.717, 1.165) is 31.7 Å². The van der Waals surface area contributed by atoms with Gasteiger partial charge in [-0.15, -0.1) is 0 Å². The predicted molar refractivity (Wildman–Crippen MR) is 122 cm³/mol. The molecule has 0 saturated carbocycles. The summed E-state index contributed by atoms with van der Waals surface area (Å²) in [4.78, 5) is 42.4. The Morgan fingerprint density at radius 3 is 2.68 bits per heavy atom. The van der Waals surface area contributed by atoms with E-state index in [1.165, 1.54) is 24.3 Å². The van der Waals surface area contributed by atoms with Crippen LogP contribution in [0.4, 0.5) is 17.2 Å². The number of pyridine rings is 1. The second kappa shape index (κ2) is 10.8. The van der Waals surface area contributed by atoms with Gasteiger partial charge in [0.1, 0.15) is 11.9 Å². The average Bonchev–Trinajstić information content (AvgIpc) is 3.32. The Bertz CT molecular complexity index is 932. The summed E-state index contributed by atoms with van der Waals surface area (Å²) >= 11 is 1.56. The van der Waals surface area contributed by atoms with Crippen molar-refractivity contribution in [1.29, 1.82) is 0 Å². The Balaban J connectivity index is 1.66. The van der Waals surface area contributed by atoms with E-state index in [0.29, 0.717) is 17.9 Å². The van der Waals surface area contributed by atoms with Crippen LogP contribution in [0.25, 0.3) is 0 Å². The fraction of sp³-hybridized carbons (Fsp3) is 0.381. The highest BCUT2D eigenvalue weighted by Crippen LogP contribution is 2.19. The predicted octanol–water partition coefficient (Wildman–Crippen LogP) is 3.08. The molecule has 0 radical (unpaired) electrons. The van der Waals surface area contributed by atoms with Gasteiger partial charge in [-0.25, -0.2) is 4.98 Å². The number of hydrogen-bond acceptors (Lipinski definition) is 7. The van der Waals surface area contributed by atoms with Gasteiger partial charge in [0, 0.05) is 30.8 Å². The van der Waals surface area contributed by atoms with Crippen molar-refractivity contribution in [3.63, 3.8) is 0 Å². The van der Waals surface area contributed by atoms with E-state index in [-0.39, 0.29) is 17.2 Å². The molecule has 1 aliphatic heterocycles. The van der Waals surface area contributed by atoms with Crippen LogP contribution >= 0.6 is 11.8 Å². The van der Waals surface area contributed by atoms with Crippen molar-refractivity contribution in [3.05, 3.63) is 58.3 Å². The second-order valence-electron chi connectivity index (χ2n) is 7.20. The summed E-state index contributed by atoms with van der Waals surface area (Å²) in [6.45, 7) is 1.97. The van der Waals surface area contributed by atoms with Gasteiger partial charge < -0.3 is 15.5 Å². The van der Waals surface area contributed by atoms with Crippen LogP contribution < -0.4 is 15.5 Å². The molecule has 3 rings (SSSR count). The van der Waals surface area contributed by atoms with Gasteiger partial charge in [0.15, 0.2) is 0 Å². The lowest BCUT2D eigenvalue weighted by Gasteiger charge is -2.19. The van der Waals surface area contributed by atoms with Gasteiger partial charge in [-0.3, -0.25) is 19.7 Å². The topological polar surface area (TPSA) is 117 Å². The molecular weight excluding hydrogens is 418 g/mol. The Hall–Kier alpha value is -3.14. The molecule has 1 aromatic carbocycles. The van der Waals surface area contributed by atoms with Crippen LogP contribution in [0.1, 0.15) is 29.6 Å². The normalized spacial score (nSPS) is 14.2. The van der Waals surface area contributed by atoms with Crippen molar-refractivity contribution >= 4 is 40.8 Å². The summed E-state index contributed by atoms with van der Waals surface area (Å²) in [6, 6.07) is 8.32. The summed E-state index contributed by atoms with van der Waals surface area (Å²) in [5, 5.41) is 16.5. The minimum atomic E-state index is -0.780. The Kier molecular flexibility index (Phi) is 7.82. The molecule has 1 fully saturated rings. The maximum absolute atomic E-state index is 12.8. The molecule has 164 valence electrons. The van der Waals surface area contributed by atoms with Gasteiger partial charge >= 0.3 is 0 Å². The number of anilines is 2. The molecule has 0 spiro atoms. The third-order valence-corrected chi connectivity index (χ3v) is 5.64.